The van der Waals surface area contributed by atoms with Crippen molar-refractivity contribution in [2.24, 2.45) is 0 Å². The van der Waals surface area contributed by atoms with Gasteiger partial charge in [-0.25, -0.2) is 0 Å². The van der Waals surface area contributed by atoms with Gasteiger partial charge in [-0.3, -0.25) is 0 Å². The number of nitrogens with zero attached hydrogens (tertiary/aromatic N) is 3. The third-order valence-electron chi connectivity index (χ3n) is 12.4. The summed E-state index contributed by atoms with van der Waals surface area (Å²) in [5.41, 5.74) is 7.24. The number of fused-ring (bicyclic) bond motifs is 6. The van der Waals surface area contributed by atoms with Gasteiger partial charge in [-0.05, 0) is 112 Å². The van der Waals surface area contributed by atoms with Crippen LogP contribution in [0.3, 0.4) is 0 Å². The first-order chi connectivity index (χ1) is 31.9. The summed E-state index contributed by atoms with van der Waals surface area (Å²) >= 11 is 0. The van der Waals surface area contributed by atoms with E-state index in [9.17, 15) is 31.6 Å². The number of aromatic nitrogens is 2. The molecule has 0 aliphatic rings. The van der Waals surface area contributed by atoms with Gasteiger partial charge in [0.2, 0.25) is 0 Å². The van der Waals surface area contributed by atoms with Crippen molar-refractivity contribution in [3.63, 3.8) is 0 Å². The summed E-state index contributed by atoms with van der Waals surface area (Å²) in [4.78, 5) is 0. The van der Waals surface area contributed by atoms with Crippen LogP contribution in [0.2, 0.25) is 0 Å². The first kappa shape index (κ1) is 40.4. The van der Waals surface area contributed by atoms with Gasteiger partial charge in [-0.2, -0.15) is 31.6 Å². The maximum Gasteiger partial charge on any atom is 0.416 e. The van der Waals surface area contributed by atoms with Crippen molar-refractivity contribution in [1.29, 1.82) is 5.26 Å². The summed E-state index contributed by atoms with van der Waals surface area (Å²) in [6, 6.07) is 62.6. The summed E-state index contributed by atoms with van der Waals surface area (Å²) < 4.78 is 90.1. The van der Waals surface area contributed by atoms with Gasteiger partial charge >= 0.3 is 12.4 Å². The van der Waals surface area contributed by atoms with E-state index in [1.165, 1.54) is 0 Å². The number of hydrogen-bond donors (Lipinski definition) is 0. The fourth-order valence-corrected chi connectivity index (χ4v) is 9.35. The van der Waals surface area contributed by atoms with Crippen LogP contribution in [0.1, 0.15) is 16.7 Å². The molecule has 0 unspecified atom stereocenters. The third kappa shape index (κ3) is 6.86. The van der Waals surface area contributed by atoms with Crippen molar-refractivity contribution in [3.05, 3.63) is 217 Å². The maximum absolute atomic E-state index is 14.3. The molecule has 3 nitrogen and oxygen atoms in total. The zero-order valence-electron chi connectivity index (χ0n) is 34.7. The summed E-state index contributed by atoms with van der Waals surface area (Å²) in [5, 5.41) is 14.2. The molecular formula is C57H33F6N3. The third-order valence-corrected chi connectivity index (χ3v) is 12.4. The Bertz CT molecular complexity index is 3710. The molecule has 0 saturated carbocycles. The predicted molar refractivity (Wildman–Crippen MR) is 252 cm³/mol. The molecule has 9 aromatic carbocycles. The summed E-state index contributed by atoms with van der Waals surface area (Å²) in [7, 11) is 0. The zero-order chi connectivity index (χ0) is 45.3. The molecule has 0 fully saturated rings. The van der Waals surface area contributed by atoms with Gasteiger partial charge in [-0.1, -0.05) is 121 Å². The molecule has 318 valence electrons. The number of para-hydroxylation sites is 2. The summed E-state index contributed by atoms with van der Waals surface area (Å²) in [5.74, 6) is 0. The van der Waals surface area contributed by atoms with E-state index in [1.807, 2.05) is 114 Å². The van der Waals surface area contributed by atoms with Gasteiger partial charge in [0, 0.05) is 32.7 Å². The molecule has 0 radical (unpaired) electrons. The van der Waals surface area contributed by atoms with E-state index in [0.717, 1.165) is 78.0 Å². The van der Waals surface area contributed by atoms with Crippen LogP contribution in [0.5, 0.6) is 0 Å². The molecule has 0 N–H and O–H groups in total. The number of benzene rings is 9. The quantitative estimate of drug-likeness (QED) is 0.153. The largest absolute Gasteiger partial charge is 0.416 e. The molecule has 0 bridgehead atoms. The fourth-order valence-electron chi connectivity index (χ4n) is 9.35. The Kier molecular flexibility index (Phi) is 9.45. The smallest absolute Gasteiger partial charge is 0.309 e. The van der Waals surface area contributed by atoms with Gasteiger partial charge in [0.05, 0.1) is 56.2 Å². The van der Waals surface area contributed by atoms with Crippen LogP contribution in [0, 0.1) is 11.3 Å². The highest BCUT2D eigenvalue weighted by molar-refractivity contribution is 6.13. The summed E-state index contributed by atoms with van der Waals surface area (Å²) in [6.45, 7) is 0. The number of rotatable bonds is 6. The van der Waals surface area contributed by atoms with Gasteiger partial charge in [0.25, 0.3) is 0 Å². The highest BCUT2D eigenvalue weighted by Gasteiger charge is 2.37. The number of alkyl halides is 6. The molecule has 11 rings (SSSR count). The van der Waals surface area contributed by atoms with E-state index in [4.69, 9.17) is 0 Å². The van der Waals surface area contributed by atoms with Gasteiger partial charge < -0.3 is 9.13 Å². The van der Waals surface area contributed by atoms with E-state index in [2.05, 4.69) is 53.1 Å². The Labute approximate surface area is 374 Å². The predicted octanol–water partition coefficient (Wildman–Crippen LogP) is 16.5. The number of hydrogen-bond acceptors (Lipinski definition) is 1. The van der Waals surface area contributed by atoms with Crippen LogP contribution >= 0.6 is 0 Å². The molecule has 0 amide bonds. The van der Waals surface area contributed by atoms with E-state index in [1.54, 1.807) is 30.3 Å². The molecule has 0 aliphatic heterocycles. The normalized spacial score (nSPS) is 12.1. The molecule has 0 saturated heterocycles. The number of nitriles is 1. The molecule has 2 heterocycles. The van der Waals surface area contributed by atoms with Crippen LogP contribution in [0.4, 0.5) is 26.3 Å². The Hall–Kier alpha value is -8.35. The van der Waals surface area contributed by atoms with Crippen LogP contribution < -0.4 is 0 Å². The highest BCUT2D eigenvalue weighted by atomic mass is 19.4. The minimum Gasteiger partial charge on any atom is -0.309 e. The maximum atomic E-state index is 14.3. The average Bonchev–Trinajstić information content (AvgIpc) is 3.85. The molecular weight excluding hydrogens is 841 g/mol. The number of halogens is 6. The van der Waals surface area contributed by atoms with Gasteiger partial charge in [-0.15, -0.1) is 0 Å². The Balaban J connectivity index is 1.23. The Morgan fingerprint density at radius 1 is 0.333 bits per heavy atom. The average molecular weight is 874 g/mol. The first-order valence-electron chi connectivity index (χ1n) is 21.1. The second-order valence-electron chi connectivity index (χ2n) is 16.3. The van der Waals surface area contributed by atoms with E-state index in [-0.39, 0.29) is 17.2 Å². The lowest BCUT2D eigenvalue weighted by Gasteiger charge is -2.21. The van der Waals surface area contributed by atoms with E-state index in [0.29, 0.717) is 28.1 Å². The van der Waals surface area contributed by atoms with Crippen molar-refractivity contribution in [2.45, 2.75) is 12.4 Å². The minimum absolute atomic E-state index is 0.139. The monoisotopic (exact) mass is 873 g/mol. The second kappa shape index (κ2) is 15.4. The highest BCUT2D eigenvalue weighted by Crippen LogP contribution is 2.45. The van der Waals surface area contributed by atoms with Crippen LogP contribution in [-0.4, -0.2) is 9.13 Å². The van der Waals surface area contributed by atoms with Crippen molar-refractivity contribution in [2.75, 3.05) is 0 Å². The topological polar surface area (TPSA) is 33.6 Å². The van der Waals surface area contributed by atoms with Crippen LogP contribution in [-0.2, 0) is 12.4 Å². The van der Waals surface area contributed by atoms with Gasteiger partial charge in [0.15, 0.2) is 0 Å². The molecule has 0 atom stereocenters. The molecule has 2 aromatic heterocycles. The standard InChI is InChI=1S/C57H33F6N3/c58-56(59,60)42-28-41(29-43(33-42)57(61,62)63)40-20-23-46(55(32-40)66-51-18-10-8-16-45(51)49-31-39(22-26-54(49)66)37-13-5-2-6-14-37)47-27-35(34-64)19-24-52(47)65-50-17-9-7-15-44(50)48-30-38(21-25-53(48)65)36-11-3-1-4-12-36/h1-33H. The van der Waals surface area contributed by atoms with Crippen LogP contribution in [0.15, 0.2) is 200 Å². The molecule has 0 spiro atoms. The SMILES string of the molecule is N#Cc1ccc(-n2c3ccccc3c3cc(-c4ccccc4)ccc32)c(-c2ccc(-c3cc(C(F)(F)F)cc(C(F)(F)F)c3)cc2-n2c3ccccc3c3cc(-c4ccccc4)ccc32)c1. The van der Waals surface area contributed by atoms with Crippen molar-refractivity contribution >= 4 is 43.6 Å². The van der Waals surface area contributed by atoms with Gasteiger partial charge in [0.1, 0.15) is 0 Å². The molecule has 11 aromatic rings. The zero-order valence-corrected chi connectivity index (χ0v) is 34.7. The van der Waals surface area contributed by atoms with E-state index >= 15 is 0 Å². The first-order valence-corrected chi connectivity index (χ1v) is 21.1. The lowest BCUT2D eigenvalue weighted by atomic mass is 9.93. The Morgan fingerprint density at radius 2 is 0.788 bits per heavy atom. The van der Waals surface area contributed by atoms with E-state index < -0.39 is 23.5 Å². The van der Waals surface area contributed by atoms with Crippen LogP contribution in [0.25, 0.3) is 99.5 Å². The van der Waals surface area contributed by atoms with Crippen molar-refractivity contribution in [3.8, 4) is 62.0 Å². The fraction of sp³-hybridized carbons (Fsp3) is 0.0351. The molecule has 0 aliphatic carbocycles. The van der Waals surface area contributed by atoms with Crippen molar-refractivity contribution in [1.82, 2.24) is 9.13 Å². The second-order valence-corrected chi connectivity index (χ2v) is 16.3. The Morgan fingerprint density at radius 3 is 1.30 bits per heavy atom. The van der Waals surface area contributed by atoms with Crippen molar-refractivity contribution < 1.29 is 26.3 Å². The minimum atomic E-state index is -5.04. The molecule has 66 heavy (non-hydrogen) atoms. The molecule has 9 heteroatoms. The summed E-state index contributed by atoms with van der Waals surface area (Å²) in [6.07, 6.45) is -10.1. The lowest BCUT2D eigenvalue weighted by Crippen LogP contribution is -2.11. The lowest BCUT2D eigenvalue weighted by molar-refractivity contribution is -0.143.